The van der Waals surface area contributed by atoms with Gasteiger partial charge in [-0.3, -0.25) is 0 Å². The molecule has 1 atom stereocenters. The first-order valence-electron chi connectivity index (χ1n) is 9.14. The quantitative estimate of drug-likeness (QED) is 0.551. The molecule has 2 N–H and O–H groups in total. The summed E-state index contributed by atoms with van der Waals surface area (Å²) in [6.07, 6.45) is -0.0678. The SMILES string of the molecule is O=C(NCCc1ccccc1Cl)N(Cc1ccccc1)CC(O)c1ccsc1. The second kappa shape index (κ2) is 10.3. The molecule has 28 heavy (non-hydrogen) atoms. The minimum absolute atomic E-state index is 0.204. The van der Waals surface area contributed by atoms with Crippen molar-refractivity contribution in [3.63, 3.8) is 0 Å². The lowest BCUT2D eigenvalue weighted by Gasteiger charge is -2.25. The second-order valence-corrected chi connectivity index (χ2v) is 7.70. The summed E-state index contributed by atoms with van der Waals surface area (Å²) < 4.78 is 0. The molecule has 3 rings (SSSR count). The predicted octanol–water partition coefficient (Wildman–Crippen LogP) is 4.89. The summed E-state index contributed by atoms with van der Waals surface area (Å²) in [7, 11) is 0. The average Bonchev–Trinajstić information content (AvgIpc) is 3.24. The molecule has 1 unspecified atom stereocenters. The van der Waals surface area contributed by atoms with Gasteiger partial charge < -0.3 is 15.3 Å². The van der Waals surface area contributed by atoms with Crippen molar-refractivity contribution >= 4 is 29.0 Å². The number of urea groups is 1. The zero-order chi connectivity index (χ0) is 19.8. The number of halogens is 1. The number of benzene rings is 2. The first-order valence-corrected chi connectivity index (χ1v) is 10.5. The molecule has 2 aromatic carbocycles. The summed E-state index contributed by atoms with van der Waals surface area (Å²) in [5.74, 6) is 0. The summed E-state index contributed by atoms with van der Waals surface area (Å²) in [6, 6.07) is 19.1. The number of rotatable bonds is 8. The van der Waals surface area contributed by atoms with Crippen LogP contribution in [0.15, 0.2) is 71.4 Å². The Morgan fingerprint density at radius 2 is 1.86 bits per heavy atom. The van der Waals surface area contributed by atoms with Gasteiger partial charge in [-0.15, -0.1) is 0 Å². The highest BCUT2D eigenvalue weighted by Gasteiger charge is 2.19. The standard InChI is InChI=1S/C22H23ClN2O2S/c23-20-9-5-4-8-18(20)10-12-24-22(27)25(14-17-6-2-1-3-7-17)15-21(26)19-11-13-28-16-19/h1-9,11,13,16,21,26H,10,12,14-15H2,(H,24,27). The number of amides is 2. The van der Waals surface area contributed by atoms with Gasteiger partial charge in [0.05, 0.1) is 12.6 Å². The van der Waals surface area contributed by atoms with Gasteiger partial charge >= 0.3 is 6.03 Å². The summed E-state index contributed by atoms with van der Waals surface area (Å²) in [6.45, 7) is 1.13. The summed E-state index contributed by atoms with van der Waals surface area (Å²) in [4.78, 5) is 14.4. The van der Waals surface area contributed by atoms with E-state index in [0.717, 1.165) is 16.7 Å². The van der Waals surface area contributed by atoms with E-state index in [1.807, 2.05) is 71.4 Å². The molecule has 0 aliphatic rings. The molecule has 0 fully saturated rings. The van der Waals surface area contributed by atoms with Crippen LogP contribution in [0.5, 0.6) is 0 Å². The fourth-order valence-corrected chi connectivity index (χ4v) is 3.86. The van der Waals surface area contributed by atoms with Crippen LogP contribution in [0.25, 0.3) is 0 Å². The average molecular weight is 415 g/mol. The molecule has 0 radical (unpaired) electrons. The maximum Gasteiger partial charge on any atom is 0.317 e. The number of nitrogens with one attached hydrogen (secondary N) is 1. The number of carbonyl (C=O) groups is 1. The minimum Gasteiger partial charge on any atom is -0.387 e. The maximum absolute atomic E-state index is 12.8. The van der Waals surface area contributed by atoms with E-state index >= 15 is 0 Å². The molecule has 0 aliphatic heterocycles. The Morgan fingerprint density at radius 1 is 1.11 bits per heavy atom. The second-order valence-electron chi connectivity index (χ2n) is 6.51. The Hall–Kier alpha value is -2.34. The Morgan fingerprint density at radius 3 is 2.57 bits per heavy atom. The Kier molecular flexibility index (Phi) is 7.48. The molecule has 0 saturated carbocycles. The summed E-state index contributed by atoms with van der Waals surface area (Å²) in [5.41, 5.74) is 2.84. The highest BCUT2D eigenvalue weighted by atomic mass is 35.5. The first-order chi connectivity index (χ1) is 13.6. The smallest absolute Gasteiger partial charge is 0.317 e. The van der Waals surface area contributed by atoms with Crippen molar-refractivity contribution in [2.45, 2.75) is 19.1 Å². The van der Waals surface area contributed by atoms with Crippen molar-refractivity contribution in [3.05, 3.63) is 93.1 Å². The third-order valence-electron chi connectivity index (χ3n) is 4.45. The summed E-state index contributed by atoms with van der Waals surface area (Å²) >= 11 is 7.71. The highest BCUT2D eigenvalue weighted by Crippen LogP contribution is 2.19. The van der Waals surface area contributed by atoms with Crippen molar-refractivity contribution in [3.8, 4) is 0 Å². The van der Waals surface area contributed by atoms with Crippen molar-refractivity contribution in [2.24, 2.45) is 0 Å². The Labute approximate surface area is 174 Å². The van der Waals surface area contributed by atoms with E-state index in [4.69, 9.17) is 11.6 Å². The van der Waals surface area contributed by atoms with Crippen LogP contribution in [0.4, 0.5) is 4.79 Å². The maximum atomic E-state index is 12.8. The summed E-state index contributed by atoms with van der Waals surface area (Å²) in [5, 5.41) is 18.0. The fraction of sp³-hybridized carbons (Fsp3) is 0.227. The Balaban J connectivity index is 1.63. The zero-order valence-electron chi connectivity index (χ0n) is 15.4. The lowest BCUT2D eigenvalue weighted by atomic mass is 10.1. The van der Waals surface area contributed by atoms with Crippen LogP contribution >= 0.6 is 22.9 Å². The molecule has 0 saturated heterocycles. The van der Waals surface area contributed by atoms with Crippen LogP contribution < -0.4 is 5.32 Å². The molecule has 1 aromatic heterocycles. The molecule has 0 aliphatic carbocycles. The lowest BCUT2D eigenvalue weighted by Crippen LogP contribution is -2.42. The topological polar surface area (TPSA) is 52.6 Å². The number of thiophene rings is 1. The fourth-order valence-electron chi connectivity index (χ4n) is 2.92. The normalized spacial score (nSPS) is 11.8. The van der Waals surface area contributed by atoms with Crippen molar-refractivity contribution in [2.75, 3.05) is 13.1 Å². The monoisotopic (exact) mass is 414 g/mol. The molecule has 6 heteroatoms. The lowest BCUT2D eigenvalue weighted by molar-refractivity contribution is 0.118. The van der Waals surface area contributed by atoms with Crippen molar-refractivity contribution in [1.29, 1.82) is 0 Å². The zero-order valence-corrected chi connectivity index (χ0v) is 17.0. The van der Waals surface area contributed by atoms with Gasteiger partial charge in [-0.1, -0.05) is 60.1 Å². The van der Waals surface area contributed by atoms with Crippen molar-refractivity contribution in [1.82, 2.24) is 10.2 Å². The van der Waals surface area contributed by atoms with Crippen LogP contribution in [0.2, 0.25) is 5.02 Å². The molecule has 1 heterocycles. The molecule has 4 nitrogen and oxygen atoms in total. The number of hydrogen-bond acceptors (Lipinski definition) is 3. The minimum atomic E-state index is -0.718. The van der Waals surface area contributed by atoms with Crippen LogP contribution in [0.1, 0.15) is 22.8 Å². The van der Waals surface area contributed by atoms with E-state index in [2.05, 4.69) is 5.32 Å². The van der Waals surface area contributed by atoms with Gasteiger partial charge in [0.15, 0.2) is 0 Å². The van der Waals surface area contributed by atoms with Crippen LogP contribution in [-0.4, -0.2) is 29.1 Å². The first kappa shape index (κ1) is 20.4. The third kappa shape index (κ3) is 5.83. The van der Waals surface area contributed by atoms with Gasteiger partial charge in [-0.05, 0) is 46.0 Å². The molecule has 146 valence electrons. The molecular formula is C22H23ClN2O2S. The van der Waals surface area contributed by atoms with E-state index in [1.165, 1.54) is 11.3 Å². The van der Waals surface area contributed by atoms with E-state index in [0.29, 0.717) is 24.5 Å². The largest absolute Gasteiger partial charge is 0.387 e. The van der Waals surface area contributed by atoms with Gasteiger partial charge in [-0.2, -0.15) is 11.3 Å². The number of hydrogen-bond donors (Lipinski definition) is 2. The van der Waals surface area contributed by atoms with Crippen LogP contribution in [0, 0.1) is 0 Å². The van der Waals surface area contributed by atoms with Gasteiger partial charge in [0.2, 0.25) is 0 Å². The molecule has 0 bridgehead atoms. The van der Waals surface area contributed by atoms with Crippen LogP contribution in [0.3, 0.4) is 0 Å². The highest BCUT2D eigenvalue weighted by molar-refractivity contribution is 7.07. The van der Waals surface area contributed by atoms with Gasteiger partial charge in [0.1, 0.15) is 0 Å². The molecule has 2 amide bonds. The number of aliphatic hydroxyl groups is 1. The van der Waals surface area contributed by atoms with E-state index < -0.39 is 6.10 Å². The van der Waals surface area contributed by atoms with E-state index in [-0.39, 0.29) is 12.6 Å². The number of carbonyl (C=O) groups excluding carboxylic acids is 1. The predicted molar refractivity (Wildman–Crippen MR) is 115 cm³/mol. The molecule has 0 spiro atoms. The van der Waals surface area contributed by atoms with Gasteiger partial charge in [0.25, 0.3) is 0 Å². The van der Waals surface area contributed by atoms with Crippen molar-refractivity contribution < 1.29 is 9.90 Å². The van der Waals surface area contributed by atoms with E-state index in [9.17, 15) is 9.90 Å². The molecule has 3 aromatic rings. The van der Waals surface area contributed by atoms with Gasteiger partial charge in [-0.25, -0.2) is 4.79 Å². The van der Waals surface area contributed by atoms with Gasteiger partial charge in [0, 0.05) is 18.1 Å². The molecular weight excluding hydrogens is 392 g/mol. The van der Waals surface area contributed by atoms with Crippen LogP contribution in [-0.2, 0) is 13.0 Å². The number of aliphatic hydroxyl groups excluding tert-OH is 1. The Bertz CT molecular complexity index is 871. The number of nitrogens with zero attached hydrogens (tertiary/aromatic N) is 1. The van der Waals surface area contributed by atoms with E-state index in [1.54, 1.807) is 4.90 Å². The third-order valence-corrected chi connectivity index (χ3v) is 5.52.